The molecule has 0 unspecified atom stereocenters. The Balaban J connectivity index is 0.00000139. The lowest BCUT2D eigenvalue weighted by molar-refractivity contribution is 0.399. The first-order chi connectivity index (χ1) is 11.3. The summed E-state index contributed by atoms with van der Waals surface area (Å²) in [4.78, 5) is 0.887. The van der Waals surface area contributed by atoms with E-state index in [0.717, 1.165) is 7.11 Å². The number of phenolic OH excluding ortho intramolecular Hbond substituents is 1. The fourth-order valence-corrected chi connectivity index (χ4v) is 4.59. The third kappa shape index (κ3) is 3.99. The number of phenols is 1. The standard InChI is InChI=1S/C15H14ClNO3S2.CH4O/c1-4-10-11(5-2)15(18)12(16)8-13(10)17-22(19,20)14-6-7-21-9(14)3;1-2/h4-8,17-18H,1-2H2,3H3;2H,1H3. The van der Waals surface area contributed by atoms with Crippen LogP contribution in [-0.4, -0.2) is 25.7 Å². The Labute approximate surface area is 150 Å². The number of sulfonamides is 1. The molecule has 0 fully saturated rings. The van der Waals surface area contributed by atoms with Crippen molar-refractivity contribution < 1.29 is 18.6 Å². The molecule has 0 spiro atoms. The fraction of sp³-hybridized carbons (Fsp3) is 0.125. The van der Waals surface area contributed by atoms with Crippen LogP contribution in [0.4, 0.5) is 5.69 Å². The van der Waals surface area contributed by atoms with Crippen LogP contribution in [0, 0.1) is 6.92 Å². The number of nitrogens with one attached hydrogen (secondary N) is 1. The average Bonchev–Trinajstić information content (AvgIpc) is 2.99. The average molecular weight is 388 g/mol. The monoisotopic (exact) mass is 387 g/mol. The molecule has 1 aromatic heterocycles. The van der Waals surface area contributed by atoms with Gasteiger partial charge in [0.15, 0.2) is 0 Å². The zero-order valence-corrected chi connectivity index (χ0v) is 15.6. The van der Waals surface area contributed by atoms with Crippen LogP contribution in [0.15, 0.2) is 35.6 Å². The van der Waals surface area contributed by atoms with E-state index in [1.165, 1.54) is 35.6 Å². The number of aryl methyl sites for hydroxylation is 1. The van der Waals surface area contributed by atoms with Crippen molar-refractivity contribution >= 4 is 50.8 Å². The van der Waals surface area contributed by atoms with Crippen LogP contribution in [0.2, 0.25) is 5.02 Å². The summed E-state index contributed by atoms with van der Waals surface area (Å²) >= 11 is 7.29. The first-order valence-electron chi connectivity index (χ1n) is 6.63. The van der Waals surface area contributed by atoms with Crippen molar-refractivity contribution in [2.75, 3.05) is 11.8 Å². The van der Waals surface area contributed by atoms with Crippen molar-refractivity contribution in [1.29, 1.82) is 0 Å². The molecule has 1 aromatic carbocycles. The third-order valence-corrected chi connectivity index (χ3v) is 5.86. The molecular weight excluding hydrogens is 370 g/mol. The smallest absolute Gasteiger partial charge is 0.263 e. The van der Waals surface area contributed by atoms with Gasteiger partial charge in [-0.1, -0.05) is 36.9 Å². The van der Waals surface area contributed by atoms with Crippen molar-refractivity contribution in [2.24, 2.45) is 0 Å². The van der Waals surface area contributed by atoms with Gasteiger partial charge in [-0.25, -0.2) is 8.42 Å². The number of hydrogen-bond acceptors (Lipinski definition) is 5. The van der Waals surface area contributed by atoms with Gasteiger partial charge >= 0.3 is 0 Å². The third-order valence-electron chi connectivity index (χ3n) is 3.09. The molecule has 24 heavy (non-hydrogen) atoms. The van der Waals surface area contributed by atoms with E-state index >= 15 is 0 Å². The zero-order chi connectivity index (χ0) is 18.5. The minimum atomic E-state index is -3.75. The van der Waals surface area contributed by atoms with Crippen LogP contribution in [0.1, 0.15) is 16.0 Å². The largest absolute Gasteiger partial charge is 0.506 e. The highest BCUT2D eigenvalue weighted by molar-refractivity contribution is 7.93. The molecule has 1 heterocycles. The molecule has 0 aliphatic heterocycles. The lowest BCUT2D eigenvalue weighted by Crippen LogP contribution is -2.14. The van der Waals surface area contributed by atoms with E-state index in [1.54, 1.807) is 12.3 Å². The number of rotatable bonds is 5. The van der Waals surface area contributed by atoms with Gasteiger partial charge in [0, 0.05) is 23.1 Å². The van der Waals surface area contributed by atoms with E-state index in [9.17, 15) is 13.5 Å². The molecule has 0 saturated heterocycles. The summed E-state index contributed by atoms with van der Waals surface area (Å²) in [5.74, 6) is -0.166. The quantitative estimate of drug-likeness (QED) is 0.674. The second-order valence-electron chi connectivity index (χ2n) is 4.44. The number of thiophene rings is 1. The summed E-state index contributed by atoms with van der Waals surface area (Å²) in [6.07, 6.45) is 2.83. The van der Waals surface area contributed by atoms with Crippen molar-refractivity contribution in [1.82, 2.24) is 0 Å². The molecular formula is C16H18ClNO4S2. The Hall–Kier alpha value is -1.80. The molecule has 2 rings (SSSR count). The van der Waals surface area contributed by atoms with Gasteiger partial charge in [-0.3, -0.25) is 4.72 Å². The molecule has 2 aromatic rings. The van der Waals surface area contributed by atoms with Crippen LogP contribution in [-0.2, 0) is 10.0 Å². The van der Waals surface area contributed by atoms with Crippen LogP contribution < -0.4 is 4.72 Å². The second kappa shape index (κ2) is 8.34. The summed E-state index contributed by atoms with van der Waals surface area (Å²) in [5, 5.41) is 18.7. The van der Waals surface area contributed by atoms with Crippen LogP contribution in [0.25, 0.3) is 12.2 Å². The number of benzene rings is 1. The number of hydrogen-bond donors (Lipinski definition) is 3. The molecule has 130 valence electrons. The van der Waals surface area contributed by atoms with Gasteiger partial charge < -0.3 is 10.2 Å². The Bertz CT molecular complexity index is 857. The van der Waals surface area contributed by atoms with Crippen molar-refractivity contribution in [3.63, 3.8) is 0 Å². The van der Waals surface area contributed by atoms with Gasteiger partial charge in [-0.2, -0.15) is 0 Å². The molecule has 0 atom stereocenters. The van der Waals surface area contributed by atoms with E-state index < -0.39 is 10.0 Å². The highest BCUT2D eigenvalue weighted by Crippen LogP contribution is 2.38. The van der Waals surface area contributed by atoms with E-state index in [4.69, 9.17) is 16.7 Å². The lowest BCUT2D eigenvalue weighted by atomic mass is 10.0. The molecule has 0 amide bonds. The highest BCUT2D eigenvalue weighted by Gasteiger charge is 2.21. The highest BCUT2D eigenvalue weighted by atomic mass is 35.5. The molecule has 3 N–H and O–H groups in total. The summed E-state index contributed by atoms with van der Waals surface area (Å²) in [5.41, 5.74) is 0.967. The Kier molecular flexibility index (Phi) is 7.04. The number of aliphatic hydroxyl groups excluding tert-OH is 1. The number of aliphatic hydroxyl groups is 1. The topological polar surface area (TPSA) is 86.6 Å². The van der Waals surface area contributed by atoms with Gasteiger partial charge in [-0.05, 0) is 24.4 Å². The molecule has 0 aliphatic rings. The molecule has 0 saturated carbocycles. The molecule has 5 nitrogen and oxygen atoms in total. The predicted molar refractivity (Wildman–Crippen MR) is 101 cm³/mol. The Morgan fingerprint density at radius 1 is 1.25 bits per heavy atom. The second-order valence-corrected chi connectivity index (χ2v) is 7.61. The first-order valence-corrected chi connectivity index (χ1v) is 9.38. The maximum atomic E-state index is 12.5. The minimum absolute atomic E-state index is 0.0280. The van der Waals surface area contributed by atoms with Gasteiger partial charge in [0.1, 0.15) is 10.6 Å². The van der Waals surface area contributed by atoms with Gasteiger partial charge in [0.05, 0.1) is 10.7 Å². The summed E-state index contributed by atoms with van der Waals surface area (Å²) in [6, 6.07) is 2.88. The van der Waals surface area contributed by atoms with Gasteiger partial charge in [0.25, 0.3) is 10.0 Å². The molecule has 0 bridgehead atoms. The van der Waals surface area contributed by atoms with E-state index in [1.807, 2.05) is 0 Å². The van der Waals surface area contributed by atoms with E-state index in [2.05, 4.69) is 17.9 Å². The Morgan fingerprint density at radius 3 is 2.29 bits per heavy atom. The lowest BCUT2D eigenvalue weighted by Gasteiger charge is -2.15. The normalized spacial score (nSPS) is 10.5. The summed E-state index contributed by atoms with van der Waals surface area (Å²) in [7, 11) is -2.75. The van der Waals surface area contributed by atoms with Gasteiger partial charge in [-0.15, -0.1) is 11.3 Å². The number of halogens is 1. The van der Waals surface area contributed by atoms with E-state index in [-0.39, 0.29) is 21.4 Å². The molecule has 8 heteroatoms. The van der Waals surface area contributed by atoms with Crippen LogP contribution in [0.3, 0.4) is 0 Å². The zero-order valence-electron chi connectivity index (χ0n) is 13.2. The maximum absolute atomic E-state index is 12.5. The van der Waals surface area contributed by atoms with Crippen molar-refractivity contribution in [3.05, 3.63) is 51.7 Å². The summed E-state index contributed by atoms with van der Waals surface area (Å²) in [6.45, 7) is 8.98. The molecule has 0 aliphatic carbocycles. The SMILES string of the molecule is C=Cc1c(NS(=O)(=O)c2ccsc2C)cc(Cl)c(O)c1C=C.CO. The molecule has 0 radical (unpaired) electrons. The number of aromatic hydroxyl groups is 1. The van der Waals surface area contributed by atoms with Crippen molar-refractivity contribution in [3.8, 4) is 5.75 Å². The number of anilines is 1. The first kappa shape index (κ1) is 20.2. The predicted octanol–water partition coefficient (Wildman–Crippen LogP) is 4.11. The summed E-state index contributed by atoms with van der Waals surface area (Å²) < 4.78 is 27.4. The maximum Gasteiger partial charge on any atom is 0.263 e. The minimum Gasteiger partial charge on any atom is -0.506 e. The van der Waals surface area contributed by atoms with Crippen LogP contribution in [0.5, 0.6) is 5.75 Å². The fourth-order valence-electron chi connectivity index (χ4n) is 2.04. The van der Waals surface area contributed by atoms with Gasteiger partial charge in [0.2, 0.25) is 0 Å². The van der Waals surface area contributed by atoms with Crippen LogP contribution >= 0.6 is 22.9 Å². The van der Waals surface area contributed by atoms with Crippen molar-refractivity contribution in [2.45, 2.75) is 11.8 Å². The Morgan fingerprint density at radius 2 is 1.83 bits per heavy atom. The van der Waals surface area contributed by atoms with E-state index in [0.29, 0.717) is 16.0 Å².